The van der Waals surface area contributed by atoms with Crippen molar-refractivity contribution in [3.05, 3.63) is 27.1 Å². The van der Waals surface area contributed by atoms with E-state index in [1.807, 2.05) is 20.8 Å². The molecular formula is C17H25N3O5S. The molecule has 0 saturated carbocycles. The fraction of sp³-hybridized carbons (Fsp3) is 0.647. The van der Waals surface area contributed by atoms with Gasteiger partial charge in [-0.25, -0.2) is 4.79 Å². The summed E-state index contributed by atoms with van der Waals surface area (Å²) in [6.45, 7) is 7.11. The minimum Gasteiger partial charge on any atom is -0.444 e. The lowest BCUT2D eigenvalue weighted by Gasteiger charge is -2.35. The summed E-state index contributed by atoms with van der Waals surface area (Å²) in [5.41, 5.74) is -0.548. The van der Waals surface area contributed by atoms with Crippen molar-refractivity contribution in [3.8, 4) is 0 Å². The molecule has 1 saturated heterocycles. The highest BCUT2D eigenvalue weighted by Crippen LogP contribution is 2.27. The number of hydrogen-bond donors (Lipinski definition) is 0. The van der Waals surface area contributed by atoms with Gasteiger partial charge in [0.2, 0.25) is 0 Å². The van der Waals surface area contributed by atoms with Crippen LogP contribution in [0.3, 0.4) is 0 Å². The molecule has 0 radical (unpaired) electrons. The topological polar surface area (TPSA) is 93.0 Å². The van der Waals surface area contributed by atoms with E-state index in [2.05, 4.69) is 0 Å². The third-order valence-electron chi connectivity index (χ3n) is 4.03. The highest BCUT2D eigenvalue weighted by Gasteiger charge is 2.29. The van der Waals surface area contributed by atoms with Crippen LogP contribution in [0.15, 0.2) is 12.1 Å². The van der Waals surface area contributed by atoms with Gasteiger partial charge < -0.3 is 14.5 Å². The van der Waals surface area contributed by atoms with Crippen LogP contribution in [0.5, 0.6) is 0 Å². The van der Waals surface area contributed by atoms with Crippen molar-refractivity contribution in [1.29, 1.82) is 0 Å². The second-order valence-electron chi connectivity index (χ2n) is 7.52. The highest BCUT2D eigenvalue weighted by molar-refractivity contribution is 7.17. The van der Waals surface area contributed by atoms with E-state index >= 15 is 0 Å². The summed E-state index contributed by atoms with van der Waals surface area (Å²) in [5, 5.41) is 10.8. The molecule has 9 heteroatoms. The van der Waals surface area contributed by atoms with Crippen molar-refractivity contribution in [2.75, 3.05) is 26.7 Å². The molecule has 2 amide bonds. The second kappa shape index (κ2) is 8.03. The Hall–Kier alpha value is -2.16. The minimum absolute atomic E-state index is 0.0356. The summed E-state index contributed by atoms with van der Waals surface area (Å²) in [7, 11) is 1.69. The SMILES string of the molecule is CN(CC1CCCN(C(=O)c2ccc([N+](=O)[O-])s2)C1)C(=O)OC(C)(C)C. The van der Waals surface area contributed by atoms with Crippen LogP contribution in [0.2, 0.25) is 0 Å². The maximum Gasteiger partial charge on any atom is 0.410 e. The van der Waals surface area contributed by atoms with E-state index < -0.39 is 10.5 Å². The average molecular weight is 383 g/mol. The number of thiophene rings is 1. The quantitative estimate of drug-likeness (QED) is 0.587. The minimum atomic E-state index is -0.548. The first-order valence-corrected chi connectivity index (χ1v) is 9.36. The molecule has 1 aliphatic rings. The Morgan fingerprint density at radius 2 is 2.12 bits per heavy atom. The number of hydrogen-bond acceptors (Lipinski definition) is 6. The first-order valence-electron chi connectivity index (χ1n) is 8.54. The lowest BCUT2D eigenvalue weighted by Crippen LogP contribution is -2.44. The predicted molar refractivity (Wildman–Crippen MR) is 98.5 cm³/mol. The van der Waals surface area contributed by atoms with Crippen LogP contribution in [0.1, 0.15) is 43.3 Å². The van der Waals surface area contributed by atoms with Gasteiger partial charge >= 0.3 is 11.1 Å². The van der Waals surface area contributed by atoms with E-state index in [4.69, 9.17) is 4.74 Å². The van der Waals surface area contributed by atoms with Crippen LogP contribution in [0, 0.1) is 16.0 Å². The fourth-order valence-corrected chi connectivity index (χ4v) is 3.69. The zero-order valence-electron chi connectivity index (χ0n) is 15.6. The molecule has 144 valence electrons. The molecule has 2 rings (SSSR count). The monoisotopic (exact) mass is 383 g/mol. The molecule has 8 nitrogen and oxygen atoms in total. The van der Waals surface area contributed by atoms with Crippen molar-refractivity contribution >= 4 is 28.3 Å². The van der Waals surface area contributed by atoms with Crippen LogP contribution in [-0.2, 0) is 4.74 Å². The number of rotatable bonds is 4. The van der Waals surface area contributed by atoms with Crippen molar-refractivity contribution < 1.29 is 19.2 Å². The van der Waals surface area contributed by atoms with Crippen LogP contribution >= 0.6 is 11.3 Å². The third kappa shape index (κ3) is 5.42. The molecule has 0 spiro atoms. The Labute approximate surface area is 156 Å². The summed E-state index contributed by atoms with van der Waals surface area (Å²) in [5.74, 6) is -0.0344. The molecule has 1 atom stereocenters. The Balaban J connectivity index is 1.94. The van der Waals surface area contributed by atoms with Gasteiger partial charge in [0.1, 0.15) is 5.60 Å². The summed E-state index contributed by atoms with van der Waals surface area (Å²) >= 11 is 0.894. The maximum absolute atomic E-state index is 12.6. The van der Waals surface area contributed by atoms with E-state index in [9.17, 15) is 19.7 Å². The number of carbonyl (C=O) groups is 2. The normalized spacial score (nSPS) is 17.7. The molecule has 1 fully saturated rings. The zero-order valence-corrected chi connectivity index (χ0v) is 16.4. The van der Waals surface area contributed by atoms with Gasteiger partial charge in [-0.1, -0.05) is 11.3 Å². The van der Waals surface area contributed by atoms with Crippen LogP contribution < -0.4 is 0 Å². The Bertz CT molecular complexity index is 682. The van der Waals surface area contributed by atoms with E-state index in [1.54, 1.807) is 16.8 Å². The fourth-order valence-electron chi connectivity index (χ4n) is 2.90. The molecule has 1 unspecified atom stereocenters. The Morgan fingerprint density at radius 3 is 2.69 bits per heavy atom. The van der Waals surface area contributed by atoms with Gasteiger partial charge in [0.15, 0.2) is 0 Å². The van der Waals surface area contributed by atoms with Crippen molar-refractivity contribution in [2.45, 2.75) is 39.2 Å². The number of nitro groups is 1. The molecule has 1 aliphatic heterocycles. The number of ether oxygens (including phenoxy) is 1. The second-order valence-corrected chi connectivity index (χ2v) is 8.58. The lowest BCUT2D eigenvalue weighted by molar-refractivity contribution is -0.380. The van der Waals surface area contributed by atoms with Crippen molar-refractivity contribution in [3.63, 3.8) is 0 Å². The molecule has 0 bridgehead atoms. The summed E-state index contributed by atoms with van der Waals surface area (Å²) in [4.78, 5) is 38.6. The van der Waals surface area contributed by atoms with Gasteiger partial charge in [-0.05, 0) is 45.6 Å². The van der Waals surface area contributed by atoms with Crippen molar-refractivity contribution in [1.82, 2.24) is 9.80 Å². The summed E-state index contributed by atoms with van der Waals surface area (Å²) in [6, 6.07) is 2.86. The molecule has 1 aromatic rings. The number of piperidine rings is 1. The number of nitrogens with zero attached hydrogens (tertiary/aromatic N) is 3. The predicted octanol–water partition coefficient (Wildman–Crippen LogP) is 3.38. The molecule has 1 aromatic heterocycles. The van der Waals surface area contributed by atoms with Crippen LogP contribution in [0.4, 0.5) is 9.80 Å². The average Bonchev–Trinajstić information content (AvgIpc) is 3.03. The molecular weight excluding hydrogens is 358 g/mol. The molecule has 0 N–H and O–H groups in total. The van der Waals surface area contributed by atoms with Gasteiger partial charge in [0.05, 0.1) is 9.80 Å². The van der Waals surface area contributed by atoms with E-state index in [0.29, 0.717) is 24.5 Å². The first-order chi connectivity index (χ1) is 12.1. The van der Waals surface area contributed by atoms with E-state index in [1.165, 1.54) is 12.1 Å². The van der Waals surface area contributed by atoms with Crippen molar-refractivity contribution in [2.24, 2.45) is 5.92 Å². The number of carbonyl (C=O) groups excluding carboxylic acids is 2. The zero-order chi connectivity index (χ0) is 19.5. The molecule has 0 aliphatic carbocycles. The van der Waals surface area contributed by atoms with Gasteiger partial charge in [-0.15, -0.1) is 0 Å². The highest BCUT2D eigenvalue weighted by atomic mass is 32.1. The van der Waals surface area contributed by atoms with Crippen LogP contribution in [0.25, 0.3) is 0 Å². The lowest BCUT2D eigenvalue weighted by atomic mass is 9.97. The molecule has 0 aromatic carbocycles. The number of likely N-dealkylation sites (tertiary alicyclic amines) is 1. The smallest absolute Gasteiger partial charge is 0.410 e. The third-order valence-corrected chi connectivity index (χ3v) is 5.05. The summed E-state index contributed by atoms with van der Waals surface area (Å²) < 4.78 is 5.35. The van der Waals surface area contributed by atoms with E-state index in [-0.39, 0.29) is 22.9 Å². The summed E-state index contributed by atoms with van der Waals surface area (Å²) in [6.07, 6.45) is 1.38. The van der Waals surface area contributed by atoms with Gasteiger partial charge in [-0.3, -0.25) is 14.9 Å². The molecule has 26 heavy (non-hydrogen) atoms. The van der Waals surface area contributed by atoms with Gasteiger partial charge in [-0.2, -0.15) is 0 Å². The van der Waals surface area contributed by atoms with Crippen LogP contribution in [-0.4, -0.2) is 59.0 Å². The van der Waals surface area contributed by atoms with Gasteiger partial charge in [0.25, 0.3) is 5.91 Å². The first kappa shape index (κ1) is 20.2. The van der Waals surface area contributed by atoms with E-state index in [0.717, 1.165) is 24.2 Å². The molecule has 2 heterocycles. The standard InChI is InChI=1S/C17H25N3O5S/c1-17(2,3)25-16(22)18(4)10-12-6-5-9-19(11-12)15(21)13-7-8-14(26-13)20(23)24/h7-8,12H,5-6,9-11H2,1-4H3. The maximum atomic E-state index is 12.6. The van der Waals surface area contributed by atoms with Gasteiger partial charge in [0, 0.05) is 32.7 Å². The number of amides is 2. The largest absolute Gasteiger partial charge is 0.444 e. The Morgan fingerprint density at radius 1 is 1.42 bits per heavy atom. The Kier molecular flexibility index (Phi) is 6.22.